The minimum absolute atomic E-state index is 0.327. The van der Waals surface area contributed by atoms with Gasteiger partial charge in [-0.1, -0.05) is 24.3 Å². The van der Waals surface area contributed by atoms with Crippen molar-refractivity contribution < 1.29 is 9.18 Å². The molecule has 1 N–H and O–H groups in total. The topological polar surface area (TPSA) is 67.2 Å². The van der Waals surface area contributed by atoms with Gasteiger partial charge in [0, 0.05) is 28.9 Å². The highest BCUT2D eigenvalue weighted by Crippen LogP contribution is 2.25. The Labute approximate surface area is 160 Å². The Hall–Kier alpha value is -3.93. The molecule has 0 bridgehead atoms. The Morgan fingerprint density at radius 2 is 1.86 bits per heavy atom. The quantitative estimate of drug-likeness (QED) is 0.432. The predicted molar refractivity (Wildman–Crippen MR) is 106 cm³/mol. The lowest BCUT2D eigenvalue weighted by Gasteiger charge is -2.09. The van der Waals surface area contributed by atoms with E-state index in [0.29, 0.717) is 22.2 Å². The Balaban J connectivity index is 1.69. The van der Waals surface area contributed by atoms with Crippen molar-refractivity contribution >= 4 is 23.0 Å². The minimum Gasteiger partial charge on any atom is -0.267 e. The molecular weight excluding hydrogens is 355 g/mol. The van der Waals surface area contributed by atoms with Crippen molar-refractivity contribution in [2.45, 2.75) is 0 Å². The van der Waals surface area contributed by atoms with Gasteiger partial charge in [-0.25, -0.2) is 14.8 Å². The molecule has 1 amide bonds. The van der Waals surface area contributed by atoms with Crippen molar-refractivity contribution in [3.8, 4) is 11.3 Å². The van der Waals surface area contributed by atoms with E-state index in [0.717, 1.165) is 11.1 Å². The molecule has 136 valence electrons. The van der Waals surface area contributed by atoms with Gasteiger partial charge in [-0.05, 0) is 42.5 Å². The third kappa shape index (κ3) is 3.76. The summed E-state index contributed by atoms with van der Waals surface area (Å²) in [6.45, 7) is 0. The highest BCUT2D eigenvalue weighted by Gasteiger charge is 2.13. The van der Waals surface area contributed by atoms with Crippen molar-refractivity contribution in [2.75, 3.05) is 0 Å². The van der Waals surface area contributed by atoms with Crippen LogP contribution in [0.3, 0.4) is 0 Å². The van der Waals surface area contributed by atoms with Gasteiger partial charge in [-0.3, -0.25) is 9.78 Å². The Kier molecular flexibility index (Phi) is 4.84. The molecule has 0 aliphatic heterocycles. The maximum absolute atomic E-state index is 13.2. The summed E-state index contributed by atoms with van der Waals surface area (Å²) in [5, 5.41) is 4.71. The van der Waals surface area contributed by atoms with E-state index in [-0.39, 0.29) is 11.7 Å². The molecule has 0 spiro atoms. The first-order valence-electron chi connectivity index (χ1n) is 8.60. The standard InChI is InChI=1S/C22H15FN4O/c23-17-9-7-16(8-10-17)21-12-19(18-5-1-2-6-20(18)26-21)22(28)27-25-14-15-4-3-11-24-13-15/h1-14H,(H,27,28)/b25-14+. The number of hydrazone groups is 1. The number of aromatic nitrogens is 2. The summed E-state index contributed by atoms with van der Waals surface area (Å²) in [5.74, 6) is -0.686. The van der Waals surface area contributed by atoms with Crippen LogP contribution < -0.4 is 5.43 Å². The Morgan fingerprint density at radius 1 is 1.04 bits per heavy atom. The van der Waals surface area contributed by atoms with E-state index in [4.69, 9.17) is 0 Å². The lowest BCUT2D eigenvalue weighted by molar-refractivity contribution is 0.0956. The number of rotatable bonds is 4. The number of amides is 1. The number of nitrogens with zero attached hydrogens (tertiary/aromatic N) is 3. The number of hydrogen-bond acceptors (Lipinski definition) is 4. The summed E-state index contributed by atoms with van der Waals surface area (Å²) in [4.78, 5) is 21.3. The van der Waals surface area contributed by atoms with Crippen LogP contribution in [0.4, 0.5) is 4.39 Å². The SMILES string of the molecule is O=C(N/N=C/c1cccnc1)c1cc(-c2ccc(F)cc2)nc2ccccc12. The van der Waals surface area contributed by atoms with Gasteiger partial charge in [0.05, 0.1) is 23.0 Å². The van der Waals surface area contributed by atoms with Crippen LogP contribution in [0.25, 0.3) is 22.2 Å². The van der Waals surface area contributed by atoms with Gasteiger partial charge in [0.2, 0.25) is 0 Å². The molecular formula is C22H15FN4O. The first-order valence-corrected chi connectivity index (χ1v) is 8.60. The zero-order valence-electron chi connectivity index (χ0n) is 14.7. The maximum atomic E-state index is 13.2. The summed E-state index contributed by atoms with van der Waals surface area (Å²) >= 11 is 0. The number of halogens is 1. The highest BCUT2D eigenvalue weighted by molar-refractivity contribution is 6.07. The van der Waals surface area contributed by atoms with Crippen molar-refractivity contribution in [3.63, 3.8) is 0 Å². The molecule has 0 radical (unpaired) electrons. The molecule has 2 heterocycles. The first kappa shape index (κ1) is 17.5. The molecule has 0 atom stereocenters. The van der Waals surface area contributed by atoms with Gasteiger partial charge in [0.1, 0.15) is 5.82 Å². The molecule has 5 nitrogen and oxygen atoms in total. The predicted octanol–water partition coefficient (Wildman–Crippen LogP) is 4.20. The van der Waals surface area contributed by atoms with Crippen LogP contribution in [0, 0.1) is 5.82 Å². The van der Waals surface area contributed by atoms with Gasteiger partial charge < -0.3 is 0 Å². The second-order valence-electron chi connectivity index (χ2n) is 6.06. The Bertz CT molecular complexity index is 1160. The number of carbonyl (C=O) groups is 1. The van der Waals surface area contributed by atoms with E-state index >= 15 is 0 Å². The van der Waals surface area contributed by atoms with Crippen molar-refractivity contribution in [3.05, 3.63) is 96.1 Å². The van der Waals surface area contributed by atoms with Crippen molar-refractivity contribution in [2.24, 2.45) is 5.10 Å². The van der Waals surface area contributed by atoms with Gasteiger partial charge in [0.25, 0.3) is 5.91 Å². The van der Waals surface area contributed by atoms with Crippen molar-refractivity contribution in [1.82, 2.24) is 15.4 Å². The monoisotopic (exact) mass is 370 g/mol. The number of pyridine rings is 2. The van der Waals surface area contributed by atoms with Gasteiger partial charge in [-0.2, -0.15) is 5.10 Å². The van der Waals surface area contributed by atoms with E-state index in [1.807, 2.05) is 30.3 Å². The van der Waals surface area contributed by atoms with Crippen LogP contribution in [0.5, 0.6) is 0 Å². The number of carbonyl (C=O) groups excluding carboxylic acids is 1. The molecule has 4 rings (SSSR count). The van der Waals surface area contributed by atoms with Crippen LogP contribution >= 0.6 is 0 Å². The average molecular weight is 370 g/mol. The van der Waals surface area contributed by atoms with E-state index < -0.39 is 0 Å². The van der Waals surface area contributed by atoms with E-state index in [2.05, 4.69) is 20.5 Å². The van der Waals surface area contributed by atoms with Gasteiger partial charge in [0.15, 0.2) is 0 Å². The number of para-hydroxylation sites is 1. The number of benzene rings is 2. The fourth-order valence-corrected chi connectivity index (χ4v) is 2.81. The maximum Gasteiger partial charge on any atom is 0.272 e. The fraction of sp³-hybridized carbons (Fsp3) is 0. The van der Waals surface area contributed by atoms with Crippen LogP contribution in [-0.2, 0) is 0 Å². The van der Waals surface area contributed by atoms with E-state index in [1.54, 1.807) is 36.7 Å². The first-order chi connectivity index (χ1) is 13.7. The van der Waals surface area contributed by atoms with Gasteiger partial charge >= 0.3 is 0 Å². The summed E-state index contributed by atoms with van der Waals surface area (Å²) in [7, 11) is 0. The molecule has 0 unspecified atom stereocenters. The summed E-state index contributed by atoms with van der Waals surface area (Å²) in [5.41, 5.74) is 5.73. The van der Waals surface area contributed by atoms with Crippen LogP contribution in [0.1, 0.15) is 15.9 Å². The van der Waals surface area contributed by atoms with Crippen LogP contribution in [-0.4, -0.2) is 22.1 Å². The Morgan fingerprint density at radius 3 is 2.64 bits per heavy atom. The van der Waals surface area contributed by atoms with Gasteiger partial charge in [-0.15, -0.1) is 0 Å². The molecule has 0 saturated heterocycles. The number of hydrogen-bond donors (Lipinski definition) is 1. The molecule has 2 aromatic heterocycles. The van der Waals surface area contributed by atoms with E-state index in [9.17, 15) is 9.18 Å². The molecule has 2 aromatic carbocycles. The summed E-state index contributed by atoms with van der Waals surface area (Å²) in [6.07, 6.45) is 4.83. The van der Waals surface area contributed by atoms with Crippen LogP contribution in [0.15, 0.2) is 84.2 Å². The lowest BCUT2D eigenvalue weighted by Crippen LogP contribution is -2.18. The largest absolute Gasteiger partial charge is 0.272 e. The third-order valence-corrected chi connectivity index (χ3v) is 4.16. The molecule has 0 saturated carbocycles. The van der Waals surface area contributed by atoms with E-state index in [1.165, 1.54) is 18.3 Å². The number of fused-ring (bicyclic) bond motifs is 1. The highest BCUT2D eigenvalue weighted by atomic mass is 19.1. The fourth-order valence-electron chi connectivity index (χ4n) is 2.81. The van der Waals surface area contributed by atoms with Crippen molar-refractivity contribution in [1.29, 1.82) is 0 Å². The third-order valence-electron chi connectivity index (χ3n) is 4.16. The lowest BCUT2D eigenvalue weighted by atomic mass is 10.0. The number of nitrogens with one attached hydrogen (secondary N) is 1. The summed E-state index contributed by atoms with van der Waals surface area (Å²) in [6, 6.07) is 18.7. The molecule has 6 heteroatoms. The molecule has 28 heavy (non-hydrogen) atoms. The smallest absolute Gasteiger partial charge is 0.267 e. The normalized spacial score (nSPS) is 11.0. The average Bonchev–Trinajstić information content (AvgIpc) is 2.74. The second-order valence-corrected chi connectivity index (χ2v) is 6.06. The zero-order chi connectivity index (χ0) is 19.3. The minimum atomic E-state index is -0.359. The summed E-state index contributed by atoms with van der Waals surface area (Å²) < 4.78 is 13.2. The molecule has 0 aliphatic rings. The molecule has 0 fully saturated rings. The zero-order valence-corrected chi connectivity index (χ0v) is 14.7. The second kappa shape index (κ2) is 7.75. The molecule has 0 aliphatic carbocycles. The molecule has 4 aromatic rings. The van der Waals surface area contributed by atoms with Crippen LogP contribution in [0.2, 0.25) is 0 Å².